The van der Waals surface area contributed by atoms with Crippen LogP contribution in [0.25, 0.3) is 11.0 Å². The van der Waals surface area contributed by atoms with Gasteiger partial charge in [0.25, 0.3) is 5.91 Å². The molecular formula is C14H11N5O4S. The van der Waals surface area contributed by atoms with E-state index in [0.717, 1.165) is 11.0 Å². The van der Waals surface area contributed by atoms with Crippen LogP contribution in [0.15, 0.2) is 51.1 Å². The van der Waals surface area contributed by atoms with E-state index in [4.69, 9.17) is 4.42 Å². The highest BCUT2D eigenvalue weighted by molar-refractivity contribution is 7.99. The average molecular weight is 345 g/mol. The monoisotopic (exact) mass is 345 g/mol. The molecule has 2 aromatic heterocycles. The Hall–Kier alpha value is -3.14. The first-order valence-corrected chi connectivity index (χ1v) is 7.74. The normalized spacial score (nSPS) is 11.2. The molecule has 2 heterocycles. The summed E-state index contributed by atoms with van der Waals surface area (Å²) in [4.78, 5) is 29.0. The lowest BCUT2D eigenvalue weighted by molar-refractivity contribution is -0.402. The summed E-state index contributed by atoms with van der Waals surface area (Å²) >= 11 is 1.24. The van der Waals surface area contributed by atoms with Gasteiger partial charge in [-0.3, -0.25) is 14.9 Å². The number of H-pyrrole nitrogens is 1. The molecule has 0 atom stereocenters. The number of nitro groups is 1. The van der Waals surface area contributed by atoms with E-state index in [1.807, 2.05) is 24.3 Å². The third kappa shape index (κ3) is 3.79. The topological polar surface area (TPSA) is 126 Å². The van der Waals surface area contributed by atoms with Crippen molar-refractivity contribution in [2.24, 2.45) is 5.10 Å². The molecule has 9 nitrogen and oxygen atoms in total. The highest BCUT2D eigenvalue weighted by Gasteiger charge is 2.10. The van der Waals surface area contributed by atoms with E-state index in [9.17, 15) is 14.9 Å². The summed E-state index contributed by atoms with van der Waals surface area (Å²) in [7, 11) is 0. The van der Waals surface area contributed by atoms with Gasteiger partial charge < -0.3 is 9.40 Å². The Morgan fingerprint density at radius 3 is 3.00 bits per heavy atom. The molecule has 0 bridgehead atoms. The van der Waals surface area contributed by atoms with Crippen molar-refractivity contribution in [3.8, 4) is 0 Å². The molecule has 0 radical (unpaired) electrons. The number of hydrogen-bond donors (Lipinski definition) is 2. The molecule has 1 aromatic carbocycles. The molecule has 0 unspecified atom stereocenters. The zero-order valence-electron chi connectivity index (χ0n) is 12.1. The number of para-hydroxylation sites is 2. The number of carbonyl (C=O) groups is 1. The number of hydrogen-bond acceptors (Lipinski definition) is 7. The average Bonchev–Trinajstić information content (AvgIpc) is 3.19. The molecule has 0 aliphatic rings. The Balaban J connectivity index is 1.50. The number of aromatic amines is 1. The van der Waals surface area contributed by atoms with Crippen LogP contribution < -0.4 is 5.43 Å². The van der Waals surface area contributed by atoms with E-state index in [1.165, 1.54) is 30.1 Å². The smallest absolute Gasteiger partial charge is 0.400 e. The molecule has 0 fully saturated rings. The molecule has 10 heteroatoms. The minimum atomic E-state index is -0.653. The highest BCUT2D eigenvalue weighted by atomic mass is 32.2. The minimum Gasteiger partial charge on any atom is -0.400 e. The number of benzene rings is 1. The maximum atomic E-state index is 11.7. The lowest BCUT2D eigenvalue weighted by Gasteiger charge is -1.96. The van der Waals surface area contributed by atoms with Crippen molar-refractivity contribution in [3.63, 3.8) is 0 Å². The van der Waals surface area contributed by atoms with Crippen LogP contribution >= 0.6 is 11.8 Å². The van der Waals surface area contributed by atoms with Crippen molar-refractivity contribution in [1.82, 2.24) is 15.4 Å². The van der Waals surface area contributed by atoms with Crippen molar-refractivity contribution in [2.45, 2.75) is 5.16 Å². The summed E-state index contributed by atoms with van der Waals surface area (Å²) < 4.78 is 4.87. The van der Waals surface area contributed by atoms with Gasteiger partial charge in [0, 0.05) is 0 Å². The SMILES string of the molecule is O=C(CSc1nc2ccccc2[nH]1)N/N=C\c1ccc([N+](=O)[O-])o1. The number of amides is 1. The summed E-state index contributed by atoms with van der Waals surface area (Å²) in [6.45, 7) is 0. The van der Waals surface area contributed by atoms with E-state index in [0.29, 0.717) is 5.16 Å². The van der Waals surface area contributed by atoms with E-state index < -0.39 is 4.92 Å². The molecule has 3 aromatic rings. The van der Waals surface area contributed by atoms with Crippen molar-refractivity contribution < 1.29 is 14.1 Å². The number of thioether (sulfide) groups is 1. The first kappa shape index (κ1) is 15.7. The Bertz CT molecular complexity index is 884. The molecule has 0 saturated heterocycles. The molecule has 0 spiro atoms. The number of nitrogens with one attached hydrogen (secondary N) is 2. The number of fused-ring (bicyclic) bond motifs is 1. The predicted molar refractivity (Wildman–Crippen MR) is 87.9 cm³/mol. The van der Waals surface area contributed by atoms with Crippen molar-refractivity contribution >= 4 is 40.8 Å². The second kappa shape index (κ2) is 6.96. The first-order valence-electron chi connectivity index (χ1n) is 6.75. The third-order valence-corrected chi connectivity index (χ3v) is 3.75. The summed E-state index contributed by atoms with van der Waals surface area (Å²) in [5.74, 6) is -0.428. The Kier molecular flexibility index (Phi) is 4.57. The fraction of sp³-hybridized carbons (Fsp3) is 0.0714. The van der Waals surface area contributed by atoms with Crippen LogP contribution in [0.3, 0.4) is 0 Å². The van der Waals surface area contributed by atoms with E-state index in [1.54, 1.807) is 0 Å². The minimum absolute atomic E-state index is 0.121. The van der Waals surface area contributed by atoms with Gasteiger partial charge in [-0.15, -0.1) is 0 Å². The number of aromatic nitrogens is 2. The van der Waals surface area contributed by atoms with Gasteiger partial charge in [0.1, 0.15) is 4.92 Å². The maximum Gasteiger partial charge on any atom is 0.433 e. The number of nitrogens with zero attached hydrogens (tertiary/aromatic N) is 3. The zero-order valence-corrected chi connectivity index (χ0v) is 12.9. The Morgan fingerprint density at radius 1 is 1.42 bits per heavy atom. The molecule has 1 amide bonds. The van der Waals surface area contributed by atoms with Crippen LogP contribution in [0.2, 0.25) is 0 Å². The summed E-state index contributed by atoms with van der Waals surface area (Å²) in [5.41, 5.74) is 4.04. The van der Waals surface area contributed by atoms with Crippen molar-refractivity contribution in [3.05, 3.63) is 52.3 Å². The predicted octanol–water partition coefficient (Wildman–Crippen LogP) is 2.31. The van der Waals surface area contributed by atoms with Gasteiger partial charge in [-0.1, -0.05) is 23.9 Å². The summed E-state index contributed by atoms with van der Waals surface area (Å²) in [6.07, 6.45) is 1.19. The van der Waals surface area contributed by atoms with Crippen molar-refractivity contribution in [1.29, 1.82) is 0 Å². The Labute approximate surface area is 139 Å². The lowest BCUT2D eigenvalue weighted by atomic mass is 10.3. The van der Waals surface area contributed by atoms with E-state index >= 15 is 0 Å². The second-order valence-corrected chi connectivity index (χ2v) is 5.54. The van der Waals surface area contributed by atoms with Gasteiger partial charge in [-0.25, -0.2) is 10.4 Å². The summed E-state index contributed by atoms with van der Waals surface area (Å²) in [5, 5.41) is 14.8. The molecule has 0 saturated carbocycles. The fourth-order valence-electron chi connectivity index (χ4n) is 1.84. The Morgan fingerprint density at radius 2 is 2.25 bits per heavy atom. The number of carbonyl (C=O) groups excluding carboxylic acids is 1. The first-order chi connectivity index (χ1) is 11.6. The fourth-order valence-corrected chi connectivity index (χ4v) is 2.52. The molecule has 2 N–H and O–H groups in total. The number of rotatable bonds is 6. The third-order valence-electron chi connectivity index (χ3n) is 2.88. The van der Waals surface area contributed by atoms with E-state index in [2.05, 4.69) is 20.5 Å². The van der Waals surface area contributed by atoms with Crippen LogP contribution in [-0.2, 0) is 4.79 Å². The van der Waals surface area contributed by atoms with Crippen LogP contribution in [0.1, 0.15) is 5.76 Å². The van der Waals surface area contributed by atoms with Gasteiger partial charge in [-0.05, 0) is 18.2 Å². The number of imidazole rings is 1. The van der Waals surface area contributed by atoms with Crippen LogP contribution in [0.5, 0.6) is 0 Å². The molecule has 0 aliphatic carbocycles. The van der Waals surface area contributed by atoms with Crippen LogP contribution in [0.4, 0.5) is 5.88 Å². The largest absolute Gasteiger partial charge is 0.433 e. The van der Waals surface area contributed by atoms with Gasteiger partial charge >= 0.3 is 5.88 Å². The highest BCUT2D eigenvalue weighted by Crippen LogP contribution is 2.18. The molecule has 0 aliphatic heterocycles. The quantitative estimate of drug-likeness (QED) is 0.305. The number of hydrazone groups is 1. The van der Waals surface area contributed by atoms with Crippen molar-refractivity contribution in [2.75, 3.05) is 5.75 Å². The van der Waals surface area contributed by atoms with Crippen LogP contribution in [-0.4, -0.2) is 32.8 Å². The van der Waals surface area contributed by atoms with Gasteiger partial charge in [0.05, 0.1) is 29.1 Å². The van der Waals surface area contributed by atoms with Gasteiger partial charge in [0.2, 0.25) is 0 Å². The van der Waals surface area contributed by atoms with Gasteiger partial charge in [0.15, 0.2) is 10.9 Å². The maximum absolute atomic E-state index is 11.7. The number of furan rings is 1. The lowest BCUT2D eigenvalue weighted by Crippen LogP contribution is -2.19. The molecule has 24 heavy (non-hydrogen) atoms. The zero-order chi connectivity index (χ0) is 16.9. The second-order valence-electron chi connectivity index (χ2n) is 4.57. The standard InChI is InChI=1S/C14H11N5O4S/c20-12(18-15-7-9-5-6-13(23-9)19(21)22)8-24-14-16-10-3-1-2-4-11(10)17-14/h1-7H,8H2,(H,16,17)(H,18,20)/b15-7-. The van der Waals surface area contributed by atoms with Gasteiger partial charge in [-0.2, -0.15) is 5.10 Å². The molecule has 122 valence electrons. The molecule has 3 rings (SSSR count). The van der Waals surface area contributed by atoms with E-state index in [-0.39, 0.29) is 23.3 Å². The molecular weight excluding hydrogens is 334 g/mol. The summed E-state index contributed by atoms with van der Waals surface area (Å²) in [6, 6.07) is 10.2. The van der Waals surface area contributed by atoms with Crippen LogP contribution in [0, 0.1) is 10.1 Å².